The van der Waals surface area contributed by atoms with Crippen molar-refractivity contribution in [1.29, 1.82) is 5.26 Å². The van der Waals surface area contributed by atoms with Crippen LogP contribution in [-0.2, 0) is 30.5 Å². The number of rotatable bonds is 13. The number of alkyl halides is 3. The van der Waals surface area contributed by atoms with Crippen molar-refractivity contribution < 1.29 is 22.9 Å². The summed E-state index contributed by atoms with van der Waals surface area (Å²) in [4.78, 5) is 29.7. The summed E-state index contributed by atoms with van der Waals surface area (Å²) in [5.74, 6) is -0.176. The third kappa shape index (κ3) is 10.1. The zero-order valence-electron chi connectivity index (χ0n) is 26.3. The second-order valence-electron chi connectivity index (χ2n) is 11.7. The number of anilines is 1. The van der Waals surface area contributed by atoms with Crippen LogP contribution in [-0.4, -0.2) is 43.0 Å². The highest BCUT2D eigenvalue weighted by molar-refractivity contribution is 7.80. The molecule has 1 amide bonds. The molecule has 0 saturated carbocycles. The van der Waals surface area contributed by atoms with E-state index in [1.807, 2.05) is 30.5 Å². The Kier molecular flexibility index (Phi) is 11.9. The van der Waals surface area contributed by atoms with Crippen molar-refractivity contribution in [2.75, 3.05) is 11.9 Å². The highest BCUT2D eigenvalue weighted by Gasteiger charge is 2.34. The summed E-state index contributed by atoms with van der Waals surface area (Å²) in [6, 6.07) is 19.4. The highest BCUT2D eigenvalue weighted by atomic mass is 32.1. The fourth-order valence-corrected chi connectivity index (χ4v) is 5.46. The lowest BCUT2D eigenvalue weighted by molar-refractivity contribution is -0.384. The maximum absolute atomic E-state index is 13.9. The number of hydrogen-bond donors (Lipinski definition) is 2. The lowest BCUT2D eigenvalue weighted by atomic mass is 10.0. The predicted molar refractivity (Wildman–Crippen MR) is 179 cm³/mol. The average molecular weight is 678 g/mol. The van der Waals surface area contributed by atoms with Crippen LogP contribution in [0.1, 0.15) is 48.2 Å². The largest absolute Gasteiger partial charge is 0.416 e. The van der Waals surface area contributed by atoms with Crippen LogP contribution in [0.25, 0.3) is 0 Å². The van der Waals surface area contributed by atoms with E-state index in [9.17, 15) is 28.1 Å². The van der Waals surface area contributed by atoms with Gasteiger partial charge in [-0.2, -0.15) is 18.4 Å². The van der Waals surface area contributed by atoms with Gasteiger partial charge in [-0.3, -0.25) is 14.9 Å². The lowest BCUT2D eigenvalue weighted by Gasteiger charge is -2.32. The van der Waals surface area contributed by atoms with Gasteiger partial charge in [0, 0.05) is 55.4 Å². The number of nitro benzene ring substituents is 1. The van der Waals surface area contributed by atoms with Crippen molar-refractivity contribution in [2.24, 2.45) is 5.92 Å². The summed E-state index contributed by atoms with van der Waals surface area (Å²) >= 11 is 5.67. The normalized spacial score (nSPS) is 11.9. The molecule has 14 heteroatoms. The number of nitrogens with one attached hydrogen (secondary N) is 2. The minimum atomic E-state index is -4.60. The van der Waals surface area contributed by atoms with Crippen molar-refractivity contribution in [3.8, 4) is 6.07 Å². The average Bonchev–Trinajstić information content (AvgIpc) is 3.46. The number of aromatic nitrogens is 2. The van der Waals surface area contributed by atoms with Gasteiger partial charge in [0.05, 0.1) is 34.9 Å². The predicted octanol–water partition coefficient (Wildman–Crippen LogP) is 6.70. The number of nitro groups is 1. The van der Waals surface area contributed by atoms with Gasteiger partial charge >= 0.3 is 6.18 Å². The molecule has 4 rings (SSSR count). The van der Waals surface area contributed by atoms with Crippen LogP contribution >= 0.6 is 12.2 Å². The first-order valence-electron chi connectivity index (χ1n) is 15.0. The number of amides is 1. The Hall–Kier alpha value is -5.29. The van der Waals surface area contributed by atoms with Gasteiger partial charge in [0.15, 0.2) is 5.11 Å². The van der Waals surface area contributed by atoms with E-state index < -0.39 is 22.7 Å². The third-order valence-corrected chi connectivity index (χ3v) is 7.80. The molecule has 0 fully saturated rings. The van der Waals surface area contributed by atoms with E-state index in [0.717, 1.165) is 11.6 Å². The number of non-ortho nitro benzene ring substituents is 1. The third-order valence-electron chi connectivity index (χ3n) is 7.44. The Balaban J connectivity index is 1.54. The number of hydrogen-bond acceptors (Lipinski definition) is 6. The topological polar surface area (TPSA) is 129 Å². The van der Waals surface area contributed by atoms with Gasteiger partial charge in [-0.1, -0.05) is 44.2 Å². The number of halogens is 3. The molecule has 1 atom stereocenters. The lowest BCUT2D eigenvalue weighted by Crippen LogP contribution is -2.47. The Morgan fingerprint density at radius 1 is 1.10 bits per heavy atom. The maximum Gasteiger partial charge on any atom is 0.416 e. The molecule has 0 aliphatic heterocycles. The van der Waals surface area contributed by atoms with Gasteiger partial charge in [0.25, 0.3) is 5.69 Å². The molecule has 3 aromatic carbocycles. The first kappa shape index (κ1) is 35.6. The highest BCUT2D eigenvalue weighted by Crippen LogP contribution is 2.32. The smallest absolute Gasteiger partial charge is 0.351 e. The molecule has 0 aliphatic rings. The monoisotopic (exact) mass is 677 g/mol. The number of benzene rings is 3. The number of carbonyl (C=O) groups excluding carboxylic acids is 1. The number of nitriles is 1. The second-order valence-corrected chi connectivity index (χ2v) is 12.0. The molecule has 0 radical (unpaired) electrons. The fraction of sp³-hybridized carbons (Fsp3) is 0.294. The van der Waals surface area contributed by atoms with E-state index in [-0.39, 0.29) is 47.7 Å². The zero-order valence-corrected chi connectivity index (χ0v) is 27.1. The van der Waals surface area contributed by atoms with Crippen molar-refractivity contribution in [3.05, 3.63) is 123 Å². The zero-order chi connectivity index (χ0) is 34.8. The molecule has 1 heterocycles. The number of imidazole rings is 1. The first-order chi connectivity index (χ1) is 22.8. The molecular weight excluding hydrogens is 643 g/mol. The summed E-state index contributed by atoms with van der Waals surface area (Å²) < 4.78 is 43.7. The van der Waals surface area contributed by atoms with Crippen LogP contribution in [0, 0.1) is 27.4 Å². The minimum absolute atomic E-state index is 0.000762. The molecule has 48 heavy (non-hydrogen) atoms. The molecule has 4 aromatic rings. The minimum Gasteiger partial charge on any atom is -0.351 e. The molecule has 0 spiro atoms. The summed E-state index contributed by atoms with van der Waals surface area (Å²) in [6.07, 6.45) is -0.859. The number of carbonyl (C=O) groups is 1. The molecule has 10 nitrogen and oxygen atoms in total. The number of nitrogens with zero attached hydrogens (tertiary/aromatic N) is 5. The first-order valence-corrected chi connectivity index (χ1v) is 15.5. The van der Waals surface area contributed by atoms with E-state index in [1.54, 1.807) is 29.6 Å². The molecule has 0 unspecified atom stereocenters. The summed E-state index contributed by atoms with van der Waals surface area (Å²) in [5.41, 5.74) is 1.62. The van der Waals surface area contributed by atoms with E-state index in [4.69, 9.17) is 17.5 Å². The van der Waals surface area contributed by atoms with Crippen LogP contribution in [0.4, 0.5) is 24.5 Å². The molecule has 0 aliphatic carbocycles. The SMILES string of the molecule is CC(C)C[C@@H](CN(Cc1ccccc1C(F)(F)F)C(=S)Nc1ccc([N+](=O)[O-])cc1)NC(=O)Cc1cncn1Cc1ccc(C#N)cc1. The van der Waals surface area contributed by atoms with Gasteiger partial charge in [-0.15, -0.1) is 0 Å². The fourth-order valence-electron chi connectivity index (χ4n) is 5.21. The Morgan fingerprint density at radius 2 is 1.79 bits per heavy atom. The van der Waals surface area contributed by atoms with E-state index in [2.05, 4.69) is 21.7 Å². The van der Waals surface area contributed by atoms with Gasteiger partial charge < -0.3 is 20.1 Å². The van der Waals surface area contributed by atoms with Crippen LogP contribution in [0.3, 0.4) is 0 Å². The van der Waals surface area contributed by atoms with Gasteiger partial charge in [-0.25, -0.2) is 4.98 Å². The van der Waals surface area contributed by atoms with Gasteiger partial charge in [0.1, 0.15) is 0 Å². The summed E-state index contributed by atoms with van der Waals surface area (Å²) in [7, 11) is 0. The van der Waals surface area contributed by atoms with Crippen molar-refractivity contribution in [1.82, 2.24) is 19.8 Å². The van der Waals surface area contributed by atoms with Crippen molar-refractivity contribution in [3.63, 3.8) is 0 Å². The Labute approximate surface area is 281 Å². The standard InChI is InChI=1S/C34H34F3N7O3S/c1-23(2)15-28(40-32(45)16-30-18-39-22-43(30)19-25-9-7-24(17-38)8-10-25)21-42(20-26-5-3-4-6-31(26)34(35,36)37)33(48)41-27-11-13-29(14-12-27)44(46)47/h3-14,18,22-23,28H,15-16,19-21H2,1-2H3,(H,40,45)(H,41,48)/t28-/m0/s1. The van der Waals surface area contributed by atoms with E-state index in [1.165, 1.54) is 42.5 Å². The van der Waals surface area contributed by atoms with Crippen LogP contribution < -0.4 is 10.6 Å². The van der Waals surface area contributed by atoms with Crippen molar-refractivity contribution >= 4 is 34.6 Å². The maximum atomic E-state index is 13.9. The molecular formula is C34H34F3N7O3S. The Bertz CT molecular complexity index is 1770. The molecule has 0 saturated heterocycles. The molecule has 250 valence electrons. The van der Waals surface area contributed by atoms with E-state index >= 15 is 0 Å². The number of thiocarbonyl (C=S) groups is 1. The summed E-state index contributed by atoms with van der Waals surface area (Å²) in [6.45, 7) is 4.26. The van der Waals surface area contributed by atoms with Crippen LogP contribution in [0.15, 0.2) is 85.3 Å². The van der Waals surface area contributed by atoms with E-state index in [0.29, 0.717) is 29.9 Å². The molecule has 0 bridgehead atoms. The molecule has 2 N–H and O–H groups in total. The second kappa shape index (κ2) is 16.0. The Morgan fingerprint density at radius 3 is 2.42 bits per heavy atom. The quantitative estimate of drug-likeness (QED) is 0.0909. The summed E-state index contributed by atoms with van der Waals surface area (Å²) in [5, 5.41) is 26.3. The van der Waals surface area contributed by atoms with Gasteiger partial charge in [-0.05, 0) is 66.0 Å². The van der Waals surface area contributed by atoms with Gasteiger partial charge in [0.2, 0.25) is 5.91 Å². The van der Waals surface area contributed by atoms with Crippen LogP contribution in [0.5, 0.6) is 0 Å². The molecule has 1 aromatic heterocycles. The van der Waals surface area contributed by atoms with Crippen molar-refractivity contribution in [2.45, 2.75) is 52.0 Å². The van der Waals surface area contributed by atoms with Crippen LogP contribution in [0.2, 0.25) is 0 Å².